The number of H-pyrrole nitrogens is 1. The molecule has 55 heavy (non-hydrogen) atoms. The number of pyridine rings is 1. The van der Waals surface area contributed by atoms with Crippen LogP contribution >= 0.6 is 22.7 Å². The van der Waals surface area contributed by atoms with E-state index in [1.165, 1.54) is 11.3 Å². The number of rotatable bonds is 11. The number of halogens is 6. The number of nitrogens with one attached hydrogen (secondary N) is 2. The maximum atomic E-state index is 13.3. The van der Waals surface area contributed by atoms with Gasteiger partial charge in [0, 0.05) is 71.4 Å². The normalized spacial score (nSPS) is 17.0. The Morgan fingerprint density at radius 1 is 1.00 bits per heavy atom. The Bertz CT molecular complexity index is 2090. The van der Waals surface area contributed by atoms with Gasteiger partial charge in [0.15, 0.2) is 5.75 Å². The summed E-state index contributed by atoms with van der Waals surface area (Å²) in [5.74, 6) is -5.85. The van der Waals surface area contributed by atoms with Crippen LogP contribution in [0.15, 0.2) is 46.6 Å². The first-order valence-corrected chi connectivity index (χ1v) is 18.8. The monoisotopic (exact) mass is 815 g/mol. The number of aromatic amines is 1. The number of thiazole rings is 1. The largest absolute Gasteiger partial charge is 0.491 e. The predicted molar refractivity (Wildman–Crippen MR) is 188 cm³/mol. The lowest BCUT2D eigenvalue weighted by atomic mass is 9.89. The van der Waals surface area contributed by atoms with Crippen LogP contribution in [-0.4, -0.2) is 101 Å². The van der Waals surface area contributed by atoms with E-state index in [4.69, 9.17) is 9.47 Å². The predicted octanol–water partition coefficient (Wildman–Crippen LogP) is 5.31. The number of fused-ring (bicyclic) bond motifs is 1. The van der Waals surface area contributed by atoms with Crippen molar-refractivity contribution in [1.29, 1.82) is 0 Å². The van der Waals surface area contributed by atoms with Gasteiger partial charge in [0.25, 0.3) is 5.91 Å². The third kappa shape index (κ3) is 9.90. The number of likely N-dealkylation sites (tertiary alicyclic amines) is 1. The summed E-state index contributed by atoms with van der Waals surface area (Å²) >= 11 is 3.02. The van der Waals surface area contributed by atoms with Crippen molar-refractivity contribution >= 4 is 51.4 Å². The van der Waals surface area contributed by atoms with Crippen molar-refractivity contribution in [1.82, 2.24) is 25.1 Å². The first-order chi connectivity index (χ1) is 26.0. The number of hydrogen-bond acceptors (Lipinski definition) is 12. The molecular weight excluding hydrogens is 781 g/mol. The van der Waals surface area contributed by atoms with Gasteiger partial charge in [0.1, 0.15) is 11.8 Å². The minimum Gasteiger partial charge on any atom is -0.449 e. The van der Waals surface area contributed by atoms with Crippen LogP contribution in [0.4, 0.5) is 26.3 Å². The van der Waals surface area contributed by atoms with Crippen LogP contribution in [0.2, 0.25) is 0 Å². The van der Waals surface area contributed by atoms with Crippen molar-refractivity contribution in [2.45, 2.75) is 56.8 Å². The number of benzene rings is 1. The van der Waals surface area contributed by atoms with E-state index < -0.39 is 52.8 Å². The molecule has 2 aliphatic heterocycles. The van der Waals surface area contributed by atoms with Crippen molar-refractivity contribution < 1.29 is 54.9 Å². The average Bonchev–Trinajstić information content (AvgIpc) is 3.78. The summed E-state index contributed by atoms with van der Waals surface area (Å²) in [4.78, 5) is 61.3. The average molecular weight is 816 g/mol. The van der Waals surface area contributed by atoms with Crippen molar-refractivity contribution in [2.75, 3.05) is 45.9 Å². The topological polar surface area (TPSA) is 143 Å². The Hall–Kier alpha value is -4.37. The molecule has 1 amide bonds. The van der Waals surface area contributed by atoms with Gasteiger partial charge in [-0.3, -0.25) is 14.5 Å². The highest BCUT2D eigenvalue weighted by Crippen LogP contribution is 2.35. The standard InChI is InChI=1S/C35H35F6N5O7S2/c1-20-43-25(18-54-20)30(48)46-14-15-51-33(19-46)9-12-45(13-10-33)17-22-3-2-21(55-22)8-11-42-16-27(53-32(50)35(39,40)41)23-4-6-26(52-31(49)34(36,37)38)29-24(23)5-7-28(47)44-29/h2-7,18,27,42H,8-17,19H2,1H3,(H,44,47)/t27-/m0/s1. The molecule has 4 aromatic rings. The van der Waals surface area contributed by atoms with E-state index in [0.29, 0.717) is 38.4 Å². The number of piperidine rings is 1. The van der Waals surface area contributed by atoms with E-state index in [0.717, 1.165) is 65.0 Å². The molecule has 12 nitrogen and oxygen atoms in total. The third-order valence-corrected chi connectivity index (χ3v) is 11.2. The van der Waals surface area contributed by atoms with Gasteiger partial charge >= 0.3 is 24.3 Å². The number of aromatic nitrogens is 2. The number of amides is 1. The highest BCUT2D eigenvalue weighted by molar-refractivity contribution is 7.12. The zero-order valence-electron chi connectivity index (χ0n) is 29.2. The van der Waals surface area contributed by atoms with Crippen LogP contribution in [0.25, 0.3) is 10.9 Å². The summed E-state index contributed by atoms with van der Waals surface area (Å²) in [6, 6.07) is 7.96. The van der Waals surface area contributed by atoms with Crippen LogP contribution in [0.1, 0.15) is 49.8 Å². The summed E-state index contributed by atoms with van der Waals surface area (Å²) in [5.41, 5.74) is -1.23. The van der Waals surface area contributed by atoms with E-state index in [1.807, 2.05) is 24.0 Å². The van der Waals surface area contributed by atoms with Crippen LogP contribution in [0.5, 0.6) is 5.75 Å². The number of thiophene rings is 1. The van der Waals surface area contributed by atoms with Gasteiger partial charge in [-0.2, -0.15) is 26.3 Å². The molecular formula is C35H35F6N5O7S2. The number of hydrogen-bond donors (Lipinski definition) is 2. The van der Waals surface area contributed by atoms with Crippen LogP contribution < -0.4 is 15.6 Å². The minimum absolute atomic E-state index is 0.0789. The molecule has 1 atom stereocenters. The Kier molecular flexibility index (Phi) is 12.0. The molecule has 20 heteroatoms. The van der Waals surface area contributed by atoms with Crippen molar-refractivity contribution in [2.24, 2.45) is 0 Å². The molecule has 1 spiro atoms. The van der Waals surface area contributed by atoms with Crippen LogP contribution in [0.3, 0.4) is 0 Å². The highest BCUT2D eigenvalue weighted by atomic mass is 32.1. The molecule has 0 unspecified atom stereocenters. The lowest BCUT2D eigenvalue weighted by molar-refractivity contribution is -0.205. The Balaban J connectivity index is 1.05. The van der Waals surface area contributed by atoms with Crippen LogP contribution in [0, 0.1) is 6.92 Å². The smallest absolute Gasteiger partial charge is 0.449 e. The molecule has 2 aliphatic rings. The zero-order chi connectivity index (χ0) is 39.5. The van der Waals surface area contributed by atoms with Crippen molar-refractivity contribution in [3.8, 4) is 5.75 Å². The van der Waals surface area contributed by atoms with Crippen LogP contribution in [-0.2, 0) is 32.0 Å². The number of esters is 2. The lowest BCUT2D eigenvalue weighted by Gasteiger charge is -2.47. The van der Waals surface area contributed by atoms with Gasteiger partial charge in [0.2, 0.25) is 5.56 Å². The Labute approximate surface area is 317 Å². The highest BCUT2D eigenvalue weighted by Gasteiger charge is 2.44. The SMILES string of the molecule is Cc1nc(C(=O)N2CCOC3(CCN(Cc4ccc(CCNC[C@H](OC(=O)C(F)(F)F)c5ccc(OC(=O)C(F)(F)F)c6[nH]c(=O)ccc56)s4)CC3)C2)cs1. The summed E-state index contributed by atoms with van der Waals surface area (Å²) in [6.07, 6.45) is -10.3. The zero-order valence-corrected chi connectivity index (χ0v) is 30.8. The molecule has 0 radical (unpaired) electrons. The van der Waals surface area contributed by atoms with Gasteiger partial charge in [0.05, 0.1) is 29.3 Å². The minimum atomic E-state index is -5.37. The molecule has 2 saturated heterocycles. The second kappa shape index (κ2) is 16.4. The lowest BCUT2D eigenvalue weighted by Crippen LogP contribution is -2.57. The molecule has 5 heterocycles. The van der Waals surface area contributed by atoms with Crippen molar-refractivity contribution in [3.05, 3.63) is 78.2 Å². The maximum absolute atomic E-state index is 13.3. The van der Waals surface area contributed by atoms with E-state index in [2.05, 4.69) is 24.9 Å². The maximum Gasteiger partial charge on any atom is 0.491 e. The fraction of sp³-hybridized carbons (Fsp3) is 0.457. The van der Waals surface area contributed by atoms with E-state index in [1.54, 1.807) is 16.7 Å². The second-order valence-corrected chi connectivity index (χ2v) is 15.5. The number of morpholine rings is 1. The molecule has 296 valence electrons. The molecule has 0 aliphatic carbocycles. The summed E-state index contributed by atoms with van der Waals surface area (Å²) < 4.78 is 93.8. The summed E-state index contributed by atoms with van der Waals surface area (Å²) in [7, 11) is 0. The van der Waals surface area contributed by atoms with Gasteiger partial charge in [-0.1, -0.05) is 6.07 Å². The summed E-state index contributed by atoms with van der Waals surface area (Å²) in [6.45, 7) is 5.55. The van der Waals surface area contributed by atoms with E-state index >= 15 is 0 Å². The molecule has 0 saturated carbocycles. The summed E-state index contributed by atoms with van der Waals surface area (Å²) in [5, 5.41) is 5.50. The molecule has 0 bridgehead atoms. The third-order valence-electron chi connectivity index (χ3n) is 9.27. The molecule has 2 fully saturated rings. The van der Waals surface area contributed by atoms with Gasteiger partial charge < -0.3 is 29.4 Å². The van der Waals surface area contributed by atoms with E-state index in [9.17, 15) is 45.5 Å². The van der Waals surface area contributed by atoms with E-state index in [-0.39, 0.29) is 29.9 Å². The second-order valence-electron chi connectivity index (χ2n) is 13.2. The number of nitrogens with zero attached hydrogens (tertiary/aromatic N) is 3. The molecule has 1 aromatic carbocycles. The molecule has 6 rings (SSSR count). The Morgan fingerprint density at radius 2 is 1.73 bits per heavy atom. The fourth-order valence-corrected chi connectivity index (χ4v) is 8.20. The number of alkyl halides is 6. The number of carbonyl (C=O) groups is 3. The van der Waals surface area contributed by atoms with Gasteiger partial charge in [-0.25, -0.2) is 14.6 Å². The van der Waals surface area contributed by atoms with Crippen molar-refractivity contribution in [3.63, 3.8) is 0 Å². The number of carbonyl (C=O) groups excluding carboxylic acids is 3. The quantitative estimate of drug-likeness (QED) is 0.0886. The first-order valence-electron chi connectivity index (χ1n) is 17.1. The molecule has 2 N–H and O–H groups in total. The number of aryl methyl sites for hydroxylation is 1. The van der Waals surface area contributed by atoms with Gasteiger partial charge in [-0.15, -0.1) is 22.7 Å². The Morgan fingerprint density at radius 3 is 2.42 bits per heavy atom. The number of ether oxygens (including phenoxy) is 3. The van der Waals surface area contributed by atoms with Gasteiger partial charge in [-0.05, 0) is 50.5 Å². The molecule has 3 aromatic heterocycles. The first kappa shape index (κ1) is 40.3. The fourth-order valence-electron chi connectivity index (χ4n) is 6.55.